The number of rotatable bonds is 4. The maximum Gasteiger partial charge on any atom is 0.401 e. The van der Waals surface area contributed by atoms with Crippen LogP contribution in [0, 0.1) is 11.8 Å². The summed E-state index contributed by atoms with van der Waals surface area (Å²) in [6, 6.07) is -0.502. The number of carboxylic acid groups (broad SMARTS) is 1. The van der Waals surface area contributed by atoms with Crippen molar-refractivity contribution in [2.24, 2.45) is 11.8 Å². The molecule has 0 amide bonds. The Morgan fingerprint density at radius 2 is 2.00 bits per heavy atom. The molecule has 0 bridgehead atoms. The average molecular weight is 267 g/mol. The number of nitrogens with zero attached hydrogens (tertiary/aromatic N) is 1. The van der Waals surface area contributed by atoms with Gasteiger partial charge in [0.2, 0.25) is 0 Å². The molecule has 0 spiro atoms. The zero-order valence-electron chi connectivity index (χ0n) is 10.7. The third-order valence-electron chi connectivity index (χ3n) is 3.65. The first-order chi connectivity index (χ1) is 8.24. The van der Waals surface area contributed by atoms with Crippen LogP contribution in [0.25, 0.3) is 0 Å². The standard InChI is InChI=1S/C12H20F3NO2/c1-3-16(7-12(13,14)15)10-6-8(2)4-5-9(10)11(17)18/h8-10H,3-7H2,1-2H3,(H,17,18). The highest BCUT2D eigenvalue weighted by Gasteiger charge is 2.40. The summed E-state index contributed by atoms with van der Waals surface area (Å²) in [4.78, 5) is 12.4. The van der Waals surface area contributed by atoms with E-state index in [9.17, 15) is 18.0 Å². The van der Waals surface area contributed by atoms with Gasteiger partial charge in [-0.2, -0.15) is 13.2 Å². The lowest BCUT2D eigenvalue weighted by molar-refractivity contribution is -0.163. The second-order valence-electron chi connectivity index (χ2n) is 5.11. The fourth-order valence-electron chi connectivity index (χ4n) is 2.74. The van der Waals surface area contributed by atoms with Crippen molar-refractivity contribution >= 4 is 5.97 Å². The van der Waals surface area contributed by atoms with Gasteiger partial charge in [-0.3, -0.25) is 9.69 Å². The van der Waals surface area contributed by atoms with Gasteiger partial charge < -0.3 is 5.11 Å². The normalized spacial score (nSPS) is 29.6. The topological polar surface area (TPSA) is 40.5 Å². The van der Waals surface area contributed by atoms with Gasteiger partial charge in [0.05, 0.1) is 12.5 Å². The molecule has 18 heavy (non-hydrogen) atoms. The van der Waals surface area contributed by atoms with Gasteiger partial charge in [0.15, 0.2) is 0 Å². The van der Waals surface area contributed by atoms with E-state index in [0.29, 0.717) is 12.8 Å². The Morgan fingerprint density at radius 1 is 1.39 bits per heavy atom. The predicted octanol–water partition coefficient (Wildman–Crippen LogP) is 2.76. The van der Waals surface area contributed by atoms with Gasteiger partial charge in [-0.05, 0) is 31.7 Å². The maximum absolute atomic E-state index is 12.5. The number of carbonyl (C=O) groups is 1. The fourth-order valence-corrected chi connectivity index (χ4v) is 2.74. The highest BCUT2D eigenvalue weighted by atomic mass is 19.4. The SMILES string of the molecule is CCN(CC(F)(F)F)C1CC(C)CCC1C(=O)O. The molecule has 3 nitrogen and oxygen atoms in total. The van der Waals surface area contributed by atoms with Crippen molar-refractivity contribution in [3.63, 3.8) is 0 Å². The molecule has 1 rings (SSSR count). The van der Waals surface area contributed by atoms with Crippen molar-refractivity contribution in [1.82, 2.24) is 4.90 Å². The minimum absolute atomic E-state index is 0.223. The molecule has 1 N–H and O–H groups in total. The Hall–Kier alpha value is -0.780. The molecule has 0 heterocycles. The monoisotopic (exact) mass is 267 g/mol. The number of carboxylic acids is 1. The van der Waals surface area contributed by atoms with Crippen molar-refractivity contribution in [1.29, 1.82) is 0 Å². The van der Waals surface area contributed by atoms with E-state index in [2.05, 4.69) is 0 Å². The fraction of sp³-hybridized carbons (Fsp3) is 0.917. The predicted molar refractivity (Wildman–Crippen MR) is 61.2 cm³/mol. The van der Waals surface area contributed by atoms with E-state index in [1.54, 1.807) is 6.92 Å². The van der Waals surface area contributed by atoms with E-state index in [0.717, 1.165) is 6.42 Å². The summed E-state index contributed by atoms with van der Waals surface area (Å²) in [7, 11) is 0. The first-order valence-corrected chi connectivity index (χ1v) is 6.28. The zero-order chi connectivity index (χ0) is 13.9. The first-order valence-electron chi connectivity index (χ1n) is 6.28. The van der Waals surface area contributed by atoms with Crippen molar-refractivity contribution in [3.8, 4) is 0 Å². The minimum Gasteiger partial charge on any atom is -0.481 e. The van der Waals surface area contributed by atoms with E-state index in [1.165, 1.54) is 4.90 Å². The molecular formula is C12H20F3NO2. The molecule has 0 aromatic carbocycles. The summed E-state index contributed by atoms with van der Waals surface area (Å²) in [5.41, 5.74) is 0. The van der Waals surface area contributed by atoms with Crippen LogP contribution in [0.3, 0.4) is 0 Å². The van der Waals surface area contributed by atoms with Gasteiger partial charge >= 0.3 is 12.1 Å². The van der Waals surface area contributed by atoms with Gasteiger partial charge in [0.25, 0.3) is 0 Å². The van der Waals surface area contributed by atoms with Crippen LogP contribution in [0.4, 0.5) is 13.2 Å². The summed E-state index contributed by atoms with van der Waals surface area (Å²) in [6.07, 6.45) is -2.51. The van der Waals surface area contributed by atoms with E-state index in [1.807, 2.05) is 6.92 Å². The smallest absolute Gasteiger partial charge is 0.401 e. The third kappa shape index (κ3) is 4.15. The number of halogens is 3. The van der Waals surface area contributed by atoms with Gasteiger partial charge in [-0.25, -0.2) is 0 Å². The van der Waals surface area contributed by atoms with Crippen molar-refractivity contribution in [2.45, 2.75) is 45.3 Å². The molecule has 0 saturated heterocycles. The molecule has 0 aliphatic heterocycles. The van der Waals surface area contributed by atoms with E-state index >= 15 is 0 Å². The van der Waals surface area contributed by atoms with Crippen LogP contribution < -0.4 is 0 Å². The highest BCUT2D eigenvalue weighted by Crippen LogP contribution is 2.33. The quantitative estimate of drug-likeness (QED) is 0.851. The molecule has 3 unspecified atom stereocenters. The maximum atomic E-state index is 12.5. The van der Waals surface area contributed by atoms with Crippen molar-refractivity contribution in [3.05, 3.63) is 0 Å². The van der Waals surface area contributed by atoms with E-state index < -0.39 is 30.7 Å². The number of aliphatic carboxylic acids is 1. The lowest BCUT2D eigenvalue weighted by atomic mass is 9.78. The molecule has 1 aliphatic carbocycles. The summed E-state index contributed by atoms with van der Waals surface area (Å²) in [6.45, 7) is 2.81. The van der Waals surface area contributed by atoms with Crippen LogP contribution in [0.5, 0.6) is 0 Å². The molecule has 1 fully saturated rings. The molecule has 0 aromatic heterocycles. The van der Waals surface area contributed by atoms with Crippen LogP contribution >= 0.6 is 0 Å². The number of alkyl halides is 3. The van der Waals surface area contributed by atoms with Gasteiger partial charge in [-0.15, -0.1) is 0 Å². The summed E-state index contributed by atoms with van der Waals surface area (Å²) in [5, 5.41) is 9.13. The van der Waals surface area contributed by atoms with Crippen LogP contribution in [0.2, 0.25) is 0 Å². The third-order valence-corrected chi connectivity index (χ3v) is 3.65. The Labute approximate surface area is 105 Å². The van der Waals surface area contributed by atoms with E-state index in [-0.39, 0.29) is 12.5 Å². The van der Waals surface area contributed by atoms with Crippen LogP contribution in [-0.4, -0.2) is 41.3 Å². The van der Waals surface area contributed by atoms with Crippen LogP contribution in [0.1, 0.15) is 33.1 Å². The highest BCUT2D eigenvalue weighted by molar-refractivity contribution is 5.71. The van der Waals surface area contributed by atoms with E-state index in [4.69, 9.17) is 5.11 Å². The average Bonchev–Trinajstić information content (AvgIpc) is 2.24. The van der Waals surface area contributed by atoms with Crippen LogP contribution in [-0.2, 0) is 4.79 Å². The lowest BCUT2D eigenvalue weighted by Gasteiger charge is -2.40. The van der Waals surface area contributed by atoms with Crippen molar-refractivity contribution in [2.75, 3.05) is 13.1 Å². The Kier molecular flexibility index (Phi) is 5.01. The molecule has 0 aromatic rings. The number of hydrogen-bond donors (Lipinski definition) is 1. The zero-order valence-corrected chi connectivity index (χ0v) is 10.7. The largest absolute Gasteiger partial charge is 0.481 e. The summed E-state index contributed by atoms with van der Waals surface area (Å²) in [5.74, 6) is -1.37. The second-order valence-corrected chi connectivity index (χ2v) is 5.11. The summed E-state index contributed by atoms with van der Waals surface area (Å²) < 4.78 is 37.5. The Morgan fingerprint density at radius 3 is 2.44 bits per heavy atom. The molecule has 0 radical (unpaired) electrons. The van der Waals surface area contributed by atoms with Gasteiger partial charge in [0, 0.05) is 6.04 Å². The molecule has 106 valence electrons. The molecule has 6 heteroatoms. The molecule has 3 atom stereocenters. The Balaban J connectivity index is 2.81. The van der Waals surface area contributed by atoms with Gasteiger partial charge in [0.1, 0.15) is 0 Å². The van der Waals surface area contributed by atoms with Crippen LogP contribution in [0.15, 0.2) is 0 Å². The molecular weight excluding hydrogens is 247 g/mol. The summed E-state index contributed by atoms with van der Waals surface area (Å²) >= 11 is 0. The number of hydrogen-bond acceptors (Lipinski definition) is 2. The van der Waals surface area contributed by atoms with Crippen molar-refractivity contribution < 1.29 is 23.1 Å². The first kappa shape index (κ1) is 15.3. The minimum atomic E-state index is -4.28. The molecule has 1 saturated carbocycles. The lowest BCUT2D eigenvalue weighted by Crippen LogP contribution is -2.50. The van der Waals surface area contributed by atoms with Gasteiger partial charge in [-0.1, -0.05) is 13.8 Å². The Bertz CT molecular complexity index is 294. The second kappa shape index (κ2) is 5.91. The molecule has 1 aliphatic rings.